The number of aromatic nitrogens is 1. The zero-order chi connectivity index (χ0) is 17.7. The van der Waals surface area contributed by atoms with Crippen LogP contribution in [-0.4, -0.2) is 31.8 Å². The molecule has 0 aliphatic carbocycles. The molecule has 130 valence electrons. The van der Waals surface area contributed by atoms with Crippen molar-refractivity contribution in [2.24, 2.45) is 0 Å². The molecule has 6 heteroatoms. The Kier molecular flexibility index (Phi) is 5.84. The predicted molar refractivity (Wildman–Crippen MR) is 90.9 cm³/mol. The van der Waals surface area contributed by atoms with Gasteiger partial charge in [-0.1, -0.05) is 25.1 Å². The van der Waals surface area contributed by atoms with Gasteiger partial charge in [0.1, 0.15) is 5.56 Å². The van der Waals surface area contributed by atoms with Gasteiger partial charge in [0.05, 0.1) is 19.9 Å². The van der Waals surface area contributed by atoms with Gasteiger partial charge in [0.2, 0.25) is 0 Å². The number of rotatable bonds is 7. The number of benzene rings is 1. The molecule has 24 heavy (non-hydrogen) atoms. The Morgan fingerprint density at radius 3 is 2.58 bits per heavy atom. The standard InChI is InChI=1S/C18H24N2O4/c1-11(2)17-16(12(3)20-24-17)18(21)19-9-8-13-6-7-14(22-4)15(10-13)23-5/h6-7,10-11H,8-9H2,1-5H3,(H,19,21). The van der Waals surface area contributed by atoms with E-state index in [9.17, 15) is 4.79 Å². The van der Waals surface area contributed by atoms with Gasteiger partial charge >= 0.3 is 0 Å². The number of nitrogens with one attached hydrogen (secondary N) is 1. The first kappa shape index (κ1) is 17.8. The summed E-state index contributed by atoms with van der Waals surface area (Å²) in [4.78, 5) is 12.4. The summed E-state index contributed by atoms with van der Waals surface area (Å²) in [6, 6.07) is 5.73. The molecule has 0 aliphatic rings. The van der Waals surface area contributed by atoms with Gasteiger partial charge in [0.15, 0.2) is 17.3 Å². The Morgan fingerprint density at radius 1 is 1.25 bits per heavy atom. The summed E-state index contributed by atoms with van der Waals surface area (Å²) in [5, 5.41) is 6.83. The van der Waals surface area contributed by atoms with Crippen LogP contribution in [0.1, 0.15) is 47.1 Å². The summed E-state index contributed by atoms with van der Waals surface area (Å²) < 4.78 is 15.8. The number of aryl methyl sites for hydroxylation is 1. The zero-order valence-electron chi connectivity index (χ0n) is 14.8. The van der Waals surface area contributed by atoms with E-state index in [4.69, 9.17) is 14.0 Å². The Labute approximate surface area is 142 Å². The van der Waals surface area contributed by atoms with Crippen molar-refractivity contribution in [1.29, 1.82) is 0 Å². The molecule has 6 nitrogen and oxygen atoms in total. The van der Waals surface area contributed by atoms with Crippen molar-refractivity contribution in [1.82, 2.24) is 10.5 Å². The largest absolute Gasteiger partial charge is 0.493 e. The van der Waals surface area contributed by atoms with Gasteiger partial charge in [-0.05, 0) is 31.0 Å². The third-order valence-corrected chi connectivity index (χ3v) is 3.79. The highest BCUT2D eigenvalue weighted by atomic mass is 16.5. The number of methoxy groups -OCH3 is 2. The van der Waals surface area contributed by atoms with Crippen molar-refractivity contribution in [2.45, 2.75) is 33.1 Å². The molecule has 1 aromatic carbocycles. The number of nitrogens with zero attached hydrogens (tertiary/aromatic N) is 1. The number of carbonyl (C=O) groups is 1. The lowest BCUT2D eigenvalue weighted by Crippen LogP contribution is -2.27. The van der Waals surface area contributed by atoms with Gasteiger partial charge < -0.3 is 19.3 Å². The fourth-order valence-corrected chi connectivity index (χ4v) is 2.50. The zero-order valence-corrected chi connectivity index (χ0v) is 14.8. The quantitative estimate of drug-likeness (QED) is 0.843. The molecular formula is C18H24N2O4. The first-order valence-electron chi connectivity index (χ1n) is 7.93. The van der Waals surface area contributed by atoms with E-state index in [-0.39, 0.29) is 11.8 Å². The first-order valence-corrected chi connectivity index (χ1v) is 7.93. The van der Waals surface area contributed by atoms with E-state index in [2.05, 4.69) is 10.5 Å². The Bertz CT molecular complexity index is 707. The van der Waals surface area contributed by atoms with Gasteiger partial charge in [0.25, 0.3) is 5.91 Å². The van der Waals surface area contributed by atoms with Crippen molar-refractivity contribution in [3.05, 3.63) is 40.8 Å². The van der Waals surface area contributed by atoms with Crippen LogP contribution < -0.4 is 14.8 Å². The van der Waals surface area contributed by atoms with E-state index in [1.54, 1.807) is 21.1 Å². The Balaban J connectivity index is 2.00. The van der Waals surface area contributed by atoms with E-state index in [1.807, 2.05) is 32.0 Å². The highest BCUT2D eigenvalue weighted by molar-refractivity contribution is 5.96. The monoisotopic (exact) mass is 332 g/mol. The van der Waals surface area contributed by atoms with Gasteiger partial charge in [-0.15, -0.1) is 0 Å². The van der Waals surface area contributed by atoms with Crippen molar-refractivity contribution >= 4 is 5.91 Å². The molecule has 2 rings (SSSR count). The smallest absolute Gasteiger partial charge is 0.256 e. The van der Waals surface area contributed by atoms with E-state index in [1.165, 1.54) is 0 Å². The maximum Gasteiger partial charge on any atom is 0.256 e. The summed E-state index contributed by atoms with van der Waals surface area (Å²) in [6.07, 6.45) is 0.688. The summed E-state index contributed by atoms with van der Waals surface area (Å²) in [5.74, 6) is 1.94. The summed E-state index contributed by atoms with van der Waals surface area (Å²) in [6.45, 7) is 6.23. The fourth-order valence-electron chi connectivity index (χ4n) is 2.50. The molecule has 0 aliphatic heterocycles. The maximum atomic E-state index is 12.4. The van der Waals surface area contributed by atoms with Crippen LogP contribution in [0.4, 0.5) is 0 Å². The van der Waals surface area contributed by atoms with Gasteiger partial charge in [-0.2, -0.15) is 0 Å². The molecule has 1 N–H and O–H groups in total. The first-order chi connectivity index (χ1) is 11.5. The van der Waals surface area contributed by atoms with Crippen molar-refractivity contribution < 1.29 is 18.8 Å². The fraction of sp³-hybridized carbons (Fsp3) is 0.444. The van der Waals surface area contributed by atoms with Crippen LogP contribution in [0.15, 0.2) is 22.7 Å². The van der Waals surface area contributed by atoms with Crippen LogP contribution in [0.2, 0.25) is 0 Å². The molecule has 1 aromatic heterocycles. The number of ether oxygens (including phenoxy) is 2. The second kappa shape index (κ2) is 7.86. The van der Waals surface area contributed by atoms with E-state index in [0.29, 0.717) is 41.5 Å². The molecule has 0 saturated carbocycles. The Morgan fingerprint density at radius 2 is 1.96 bits per heavy atom. The third-order valence-electron chi connectivity index (χ3n) is 3.79. The second-order valence-electron chi connectivity index (χ2n) is 5.86. The van der Waals surface area contributed by atoms with E-state index in [0.717, 1.165) is 5.56 Å². The predicted octanol–water partition coefficient (Wildman–Crippen LogP) is 3.10. The highest BCUT2D eigenvalue weighted by Crippen LogP contribution is 2.27. The minimum Gasteiger partial charge on any atom is -0.493 e. The third kappa shape index (κ3) is 3.88. The van der Waals surface area contributed by atoms with Crippen molar-refractivity contribution in [3.63, 3.8) is 0 Å². The average Bonchev–Trinajstić information content (AvgIpc) is 2.96. The normalized spacial score (nSPS) is 10.8. The minimum atomic E-state index is -0.155. The Hall–Kier alpha value is -2.50. The van der Waals surface area contributed by atoms with Crippen LogP contribution >= 0.6 is 0 Å². The van der Waals surface area contributed by atoms with Crippen LogP contribution in [0.25, 0.3) is 0 Å². The average molecular weight is 332 g/mol. The molecule has 2 aromatic rings. The molecule has 0 unspecified atom stereocenters. The molecule has 0 atom stereocenters. The topological polar surface area (TPSA) is 73.6 Å². The lowest BCUT2D eigenvalue weighted by Gasteiger charge is -2.10. The lowest BCUT2D eigenvalue weighted by atomic mass is 10.0. The number of hydrogen-bond acceptors (Lipinski definition) is 5. The molecule has 0 fully saturated rings. The molecular weight excluding hydrogens is 308 g/mol. The summed E-state index contributed by atoms with van der Waals surface area (Å²) >= 11 is 0. The van der Waals surface area contributed by atoms with Gasteiger partial charge in [-0.25, -0.2) is 0 Å². The van der Waals surface area contributed by atoms with E-state index < -0.39 is 0 Å². The second-order valence-corrected chi connectivity index (χ2v) is 5.86. The van der Waals surface area contributed by atoms with Crippen LogP contribution in [0.3, 0.4) is 0 Å². The molecule has 1 heterocycles. The SMILES string of the molecule is COc1ccc(CCNC(=O)c2c(C)noc2C(C)C)cc1OC. The molecule has 0 saturated heterocycles. The number of carbonyl (C=O) groups excluding carboxylic acids is 1. The number of hydrogen-bond donors (Lipinski definition) is 1. The molecule has 0 spiro atoms. The highest BCUT2D eigenvalue weighted by Gasteiger charge is 2.22. The van der Waals surface area contributed by atoms with Gasteiger partial charge in [-0.3, -0.25) is 4.79 Å². The molecule has 0 radical (unpaired) electrons. The van der Waals surface area contributed by atoms with E-state index >= 15 is 0 Å². The van der Waals surface area contributed by atoms with Crippen LogP contribution in [-0.2, 0) is 6.42 Å². The maximum absolute atomic E-state index is 12.4. The number of amides is 1. The lowest BCUT2D eigenvalue weighted by molar-refractivity contribution is 0.0951. The van der Waals surface area contributed by atoms with Crippen LogP contribution in [0.5, 0.6) is 11.5 Å². The molecule has 1 amide bonds. The van der Waals surface area contributed by atoms with Crippen LogP contribution in [0, 0.1) is 6.92 Å². The molecule has 0 bridgehead atoms. The van der Waals surface area contributed by atoms with Crippen molar-refractivity contribution in [3.8, 4) is 11.5 Å². The summed E-state index contributed by atoms with van der Waals surface area (Å²) in [5.41, 5.74) is 2.21. The van der Waals surface area contributed by atoms with Crippen molar-refractivity contribution in [2.75, 3.05) is 20.8 Å². The summed E-state index contributed by atoms with van der Waals surface area (Å²) in [7, 11) is 3.21. The van der Waals surface area contributed by atoms with Gasteiger partial charge in [0, 0.05) is 12.5 Å². The minimum absolute atomic E-state index is 0.109.